The Bertz CT molecular complexity index is 1120. The first-order valence-corrected chi connectivity index (χ1v) is 11.4. The summed E-state index contributed by atoms with van der Waals surface area (Å²) in [6.07, 6.45) is 5.84. The summed E-state index contributed by atoms with van der Waals surface area (Å²) in [6, 6.07) is 17.3. The summed E-state index contributed by atoms with van der Waals surface area (Å²) in [5.74, 6) is 0.0100. The maximum atomic E-state index is 12.9. The van der Waals surface area contributed by atoms with Crippen molar-refractivity contribution < 1.29 is 9.59 Å². The third-order valence-corrected chi connectivity index (χ3v) is 6.18. The summed E-state index contributed by atoms with van der Waals surface area (Å²) >= 11 is 0. The average molecular weight is 444 g/mol. The molecule has 3 aromatic rings. The van der Waals surface area contributed by atoms with Crippen LogP contribution in [-0.4, -0.2) is 39.8 Å². The van der Waals surface area contributed by atoms with Crippen LogP contribution in [0.3, 0.4) is 0 Å². The van der Waals surface area contributed by atoms with Crippen molar-refractivity contribution in [1.29, 1.82) is 0 Å². The average Bonchev–Trinajstić information content (AvgIpc) is 2.85. The van der Waals surface area contributed by atoms with Gasteiger partial charge in [0.15, 0.2) is 0 Å². The van der Waals surface area contributed by atoms with E-state index in [0.717, 1.165) is 49.0 Å². The highest BCUT2D eigenvalue weighted by Gasteiger charge is 2.28. The van der Waals surface area contributed by atoms with E-state index in [-0.39, 0.29) is 17.8 Å². The summed E-state index contributed by atoms with van der Waals surface area (Å²) in [5.41, 5.74) is 15.6. The fourth-order valence-corrected chi connectivity index (χ4v) is 4.43. The molecule has 4 N–H and O–H groups in total. The van der Waals surface area contributed by atoms with Gasteiger partial charge < -0.3 is 16.4 Å². The van der Waals surface area contributed by atoms with Crippen LogP contribution in [0, 0.1) is 0 Å². The van der Waals surface area contributed by atoms with Crippen molar-refractivity contribution in [3.63, 3.8) is 0 Å². The van der Waals surface area contributed by atoms with E-state index in [2.05, 4.69) is 22.1 Å². The third-order valence-electron chi connectivity index (χ3n) is 6.18. The number of anilines is 1. The molecule has 0 unspecified atom stereocenters. The number of hydrogen-bond donors (Lipinski definition) is 2. The lowest BCUT2D eigenvalue weighted by molar-refractivity contribution is -0.132. The number of carbonyl (C=O) groups is 2. The molecule has 1 aromatic heterocycles. The molecule has 33 heavy (non-hydrogen) atoms. The maximum Gasteiger partial charge on any atom is 0.248 e. The summed E-state index contributed by atoms with van der Waals surface area (Å²) < 4.78 is 0. The van der Waals surface area contributed by atoms with E-state index in [9.17, 15) is 9.59 Å². The molecule has 7 heteroatoms. The Morgan fingerprint density at radius 1 is 1.06 bits per heavy atom. The zero-order valence-corrected chi connectivity index (χ0v) is 18.6. The van der Waals surface area contributed by atoms with E-state index < -0.39 is 5.91 Å². The molecule has 4 rings (SSSR count). The molecule has 170 valence electrons. The minimum atomic E-state index is -0.468. The van der Waals surface area contributed by atoms with Crippen molar-refractivity contribution in [2.24, 2.45) is 5.73 Å². The molecule has 0 spiro atoms. The van der Waals surface area contributed by atoms with Crippen molar-refractivity contribution in [3.8, 4) is 11.1 Å². The van der Waals surface area contributed by atoms with Gasteiger partial charge in [-0.05, 0) is 48.9 Å². The van der Waals surface area contributed by atoms with Crippen LogP contribution in [0.25, 0.3) is 11.1 Å². The Morgan fingerprint density at radius 3 is 2.55 bits per heavy atom. The van der Waals surface area contributed by atoms with E-state index in [4.69, 9.17) is 11.5 Å². The number of amides is 2. The van der Waals surface area contributed by atoms with Crippen LogP contribution in [0.2, 0.25) is 0 Å². The first-order chi connectivity index (χ1) is 16.0. The van der Waals surface area contributed by atoms with Gasteiger partial charge in [0.1, 0.15) is 0 Å². The molecule has 0 saturated carbocycles. The van der Waals surface area contributed by atoms with Crippen LogP contribution >= 0.6 is 0 Å². The molecule has 0 bridgehead atoms. The molecule has 2 amide bonds. The van der Waals surface area contributed by atoms with Gasteiger partial charge in [0.2, 0.25) is 17.8 Å². The van der Waals surface area contributed by atoms with Gasteiger partial charge in [-0.3, -0.25) is 9.59 Å². The van der Waals surface area contributed by atoms with Crippen LogP contribution in [0.15, 0.2) is 60.8 Å². The fourth-order valence-electron chi connectivity index (χ4n) is 4.43. The number of nitrogen functional groups attached to an aromatic ring is 1. The predicted molar refractivity (Wildman–Crippen MR) is 128 cm³/mol. The molecule has 2 aromatic carbocycles. The molecular weight excluding hydrogens is 414 g/mol. The van der Waals surface area contributed by atoms with Gasteiger partial charge in [0.25, 0.3) is 0 Å². The van der Waals surface area contributed by atoms with E-state index in [1.807, 2.05) is 35.2 Å². The SMILES string of the molecule is NC(=O)c1ccc(-c2cnc(N)nc2[C@H]2CCCN(C(=O)CCCc3ccccc3)C2)cc1. The van der Waals surface area contributed by atoms with Crippen molar-refractivity contribution >= 4 is 17.8 Å². The van der Waals surface area contributed by atoms with Crippen molar-refractivity contribution in [1.82, 2.24) is 14.9 Å². The normalized spacial score (nSPS) is 15.9. The summed E-state index contributed by atoms with van der Waals surface area (Å²) in [7, 11) is 0. The standard InChI is InChI=1S/C26H29N5O2/c27-25(33)20-13-11-19(12-14-20)22-16-29-26(28)30-24(22)21-9-5-15-31(17-21)23(32)10-4-8-18-6-2-1-3-7-18/h1-3,6-7,11-14,16,21H,4-5,8-10,15,17H2,(H2,27,33)(H2,28,29,30)/t21-/m0/s1. The van der Waals surface area contributed by atoms with Gasteiger partial charge in [-0.15, -0.1) is 0 Å². The topological polar surface area (TPSA) is 115 Å². The van der Waals surface area contributed by atoms with Gasteiger partial charge in [-0.1, -0.05) is 42.5 Å². The highest BCUT2D eigenvalue weighted by Crippen LogP contribution is 2.33. The van der Waals surface area contributed by atoms with Gasteiger partial charge in [-0.25, -0.2) is 9.97 Å². The minimum Gasteiger partial charge on any atom is -0.368 e. The van der Waals surface area contributed by atoms with E-state index in [1.54, 1.807) is 18.3 Å². The number of nitrogens with two attached hydrogens (primary N) is 2. The first-order valence-electron chi connectivity index (χ1n) is 11.4. The van der Waals surface area contributed by atoms with E-state index in [0.29, 0.717) is 18.5 Å². The molecular formula is C26H29N5O2. The lowest BCUT2D eigenvalue weighted by atomic mass is 9.89. The van der Waals surface area contributed by atoms with Gasteiger partial charge in [-0.2, -0.15) is 0 Å². The molecule has 1 fully saturated rings. The number of carbonyl (C=O) groups excluding carboxylic acids is 2. The second kappa shape index (κ2) is 10.3. The molecule has 0 radical (unpaired) electrons. The van der Waals surface area contributed by atoms with Crippen molar-refractivity contribution in [2.75, 3.05) is 18.8 Å². The second-order valence-corrected chi connectivity index (χ2v) is 8.49. The quantitative estimate of drug-likeness (QED) is 0.579. The number of nitrogens with zero attached hydrogens (tertiary/aromatic N) is 3. The Hall–Kier alpha value is -3.74. The number of aromatic nitrogens is 2. The number of hydrogen-bond acceptors (Lipinski definition) is 5. The minimum absolute atomic E-state index is 0.0768. The Kier molecular flexibility index (Phi) is 6.98. The molecule has 1 atom stereocenters. The highest BCUT2D eigenvalue weighted by molar-refractivity contribution is 5.93. The summed E-state index contributed by atoms with van der Waals surface area (Å²) in [6.45, 7) is 1.39. The Morgan fingerprint density at radius 2 is 1.82 bits per heavy atom. The number of rotatable bonds is 7. The predicted octanol–water partition coefficient (Wildman–Crippen LogP) is 3.55. The number of likely N-dealkylation sites (tertiary alicyclic amines) is 1. The molecule has 1 aliphatic heterocycles. The van der Waals surface area contributed by atoms with Crippen LogP contribution < -0.4 is 11.5 Å². The lowest BCUT2D eigenvalue weighted by Crippen LogP contribution is -2.39. The Labute approximate surface area is 193 Å². The number of benzene rings is 2. The maximum absolute atomic E-state index is 12.9. The van der Waals surface area contributed by atoms with Gasteiger partial charge >= 0.3 is 0 Å². The molecule has 1 saturated heterocycles. The Balaban J connectivity index is 1.46. The number of aryl methyl sites for hydroxylation is 1. The van der Waals surface area contributed by atoms with Crippen LogP contribution in [0.4, 0.5) is 5.95 Å². The second-order valence-electron chi connectivity index (χ2n) is 8.49. The number of primary amides is 1. The van der Waals surface area contributed by atoms with Crippen LogP contribution in [-0.2, 0) is 11.2 Å². The van der Waals surface area contributed by atoms with Crippen LogP contribution in [0.1, 0.15) is 53.2 Å². The van der Waals surface area contributed by atoms with Gasteiger partial charge in [0.05, 0.1) is 5.69 Å². The zero-order chi connectivity index (χ0) is 23.2. The zero-order valence-electron chi connectivity index (χ0n) is 18.6. The summed E-state index contributed by atoms with van der Waals surface area (Å²) in [5, 5.41) is 0. The van der Waals surface area contributed by atoms with Crippen molar-refractivity contribution in [3.05, 3.63) is 77.6 Å². The molecule has 1 aliphatic rings. The number of piperidine rings is 1. The van der Waals surface area contributed by atoms with Crippen LogP contribution in [0.5, 0.6) is 0 Å². The smallest absolute Gasteiger partial charge is 0.248 e. The lowest BCUT2D eigenvalue weighted by Gasteiger charge is -2.33. The first kappa shape index (κ1) is 22.5. The van der Waals surface area contributed by atoms with Crippen molar-refractivity contribution in [2.45, 2.75) is 38.0 Å². The van der Waals surface area contributed by atoms with E-state index >= 15 is 0 Å². The molecule has 7 nitrogen and oxygen atoms in total. The third kappa shape index (κ3) is 5.55. The largest absolute Gasteiger partial charge is 0.368 e. The van der Waals surface area contributed by atoms with E-state index in [1.165, 1.54) is 5.56 Å². The fraction of sp³-hybridized carbons (Fsp3) is 0.308. The van der Waals surface area contributed by atoms with Gasteiger partial charge in [0, 0.05) is 42.8 Å². The molecule has 2 heterocycles. The highest BCUT2D eigenvalue weighted by atomic mass is 16.2. The molecule has 0 aliphatic carbocycles. The summed E-state index contributed by atoms with van der Waals surface area (Å²) in [4.78, 5) is 35.0. The monoisotopic (exact) mass is 443 g/mol.